The molecule has 1 aromatic heterocycles. The number of hydrogen-bond donors (Lipinski definition) is 2. The lowest BCUT2D eigenvalue weighted by atomic mass is 10.0. The van der Waals surface area contributed by atoms with Gasteiger partial charge in [-0.25, -0.2) is 0 Å². The van der Waals surface area contributed by atoms with Crippen molar-refractivity contribution in [2.24, 2.45) is 0 Å². The molecular weight excluding hydrogens is 298 g/mol. The number of hydrogen-bond acceptors (Lipinski definition) is 2. The van der Waals surface area contributed by atoms with Gasteiger partial charge in [0.05, 0.1) is 6.42 Å². The van der Waals surface area contributed by atoms with Crippen molar-refractivity contribution in [1.82, 2.24) is 10.2 Å². The fourth-order valence-corrected chi connectivity index (χ4v) is 2.82. The number of carbonyl (C=O) groups excluding carboxylic acids is 1. The van der Waals surface area contributed by atoms with Gasteiger partial charge in [-0.2, -0.15) is 5.10 Å². The molecule has 120 valence electrons. The van der Waals surface area contributed by atoms with Gasteiger partial charge in [0.1, 0.15) is 0 Å². The number of nitrogens with zero attached hydrogens (tertiary/aromatic N) is 1. The first-order valence-corrected chi connectivity index (χ1v) is 8.27. The zero-order chi connectivity index (χ0) is 16.4. The van der Waals surface area contributed by atoms with Crippen LogP contribution in [0.5, 0.6) is 0 Å². The molecule has 1 fully saturated rings. The van der Waals surface area contributed by atoms with Crippen LogP contribution >= 0.6 is 0 Å². The number of carbonyl (C=O) groups is 1. The number of aromatic nitrogens is 2. The van der Waals surface area contributed by atoms with Crippen LogP contribution in [0.25, 0.3) is 11.1 Å². The normalized spacial score (nSPS) is 13.7. The Labute approximate surface area is 140 Å². The van der Waals surface area contributed by atoms with Crippen molar-refractivity contribution >= 4 is 11.7 Å². The predicted octanol–water partition coefficient (Wildman–Crippen LogP) is 4.14. The molecule has 0 saturated heterocycles. The molecule has 4 rings (SSSR count). The second-order valence-corrected chi connectivity index (χ2v) is 6.27. The molecule has 0 bridgehead atoms. The zero-order valence-electron chi connectivity index (χ0n) is 13.3. The topological polar surface area (TPSA) is 57.8 Å². The minimum atomic E-state index is -0.0451. The molecule has 1 saturated carbocycles. The summed E-state index contributed by atoms with van der Waals surface area (Å²) in [5.74, 6) is 1.17. The van der Waals surface area contributed by atoms with Crippen LogP contribution in [0.3, 0.4) is 0 Å². The summed E-state index contributed by atoms with van der Waals surface area (Å²) in [4.78, 5) is 12.2. The van der Waals surface area contributed by atoms with Gasteiger partial charge in [0, 0.05) is 17.7 Å². The Hall–Kier alpha value is -2.88. The van der Waals surface area contributed by atoms with E-state index in [0.29, 0.717) is 18.2 Å². The molecule has 0 unspecified atom stereocenters. The minimum Gasteiger partial charge on any atom is -0.309 e. The smallest absolute Gasteiger partial charge is 0.229 e. The molecule has 1 heterocycles. The SMILES string of the molecule is O=C(Cc1ccc(-c2ccccc2)cc1)Nc1cc(C2CC2)[nH]n1. The number of aromatic amines is 1. The standard InChI is InChI=1S/C20H19N3O/c24-20(21-19-13-18(22-23-19)17-10-11-17)12-14-6-8-16(9-7-14)15-4-2-1-3-5-15/h1-9,13,17H,10-12H2,(H2,21,22,23,24). The molecule has 1 aliphatic rings. The molecule has 0 spiro atoms. The largest absolute Gasteiger partial charge is 0.309 e. The van der Waals surface area contributed by atoms with Crippen molar-refractivity contribution < 1.29 is 4.79 Å². The Bertz CT molecular complexity index is 833. The van der Waals surface area contributed by atoms with E-state index in [1.165, 1.54) is 18.4 Å². The first-order chi connectivity index (χ1) is 11.8. The highest BCUT2D eigenvalue weighted by molar-refractivity contribution is 5.91. The quantitative estimate of drug-likeness (QED) is 0.743. The lowest BCUT2D eigenvalue weighted by molar-refractivity contribution is -0.115. The fraction of sp³-hybridized carbons (Fsp3) is 0.200. The Balaban J connectivity index is 1.38. The van der Waals surface area contributed by atoms with E-state index in [1.807, 2.05) is 36.4 Å². The van der Waals surface area contributed by atoms with Crippen molar-refractivity contribution in [3.8, 4) is 11.1 Å². The van der Waals surface area contributed by atoms with Gasteiger partial charge in [-0.1, -0.05) is 54.6 Å². The van der Waals surface area contributed by atoms with E-state index in [2.05, 4.69) is 39.8 Å². The lowest BCUT2D eigenvalue weighted by Gasteiger charge is -2.05. The molecule has 0 radical (unpaired) electrons. The average molecular weight is 317 g/mol. The lowest BCUT2D eigenvalue weighted by Crippen LogP contribution is -2.14. The monoisotopic (exact) mass is 317 g/mol. The van der Waals surface area contributed by atoms with Crippen LogP contribution in [0.4, 0.5) is 5.82 Å². The average Bonchev–Trinajstić information content (AvgIpc) is 3.36. The van der Waals surface area contributed by atoms with Gasteiger partial charge in [-0.05, 0) is 29.5 Å². The molecule has 1 amide bonds. The van der Waals surface area contributed by atoms with Crippen molar-refractivity contribution in [3.63, 3.8) is 0 Å². The second kappa shape index (κ2) is 6.32. The van der Waals surface area contributed by atoms with Crippen molar-refractivity contribution in [2.75, 3.05) is 5.32 Å². The second-order valence-electron chi connectivity index (χ2n) is 6.27. The fourth-order valence-electron chi connectivity index (χ4n) is 2.82. The third kappa shape index (κ3) is 3.38. The maximum Gasteiger partial charge on any atom is 0.229 e. The molecule has 2 N–H and O–H groups in total. The Morgan fingerprint density at radius 2 is 1.75 bits per heavy atom. The summed E-state index contributed by atoms with van der Waals surface area (Å²) >= 11 is 0. The number of benzene rings is 2. The summed E-state index contributed by atoms with van der Waals surface area (Å²) < 4.78 is 0. The maximum atomic E-state index is 12.2. The zero-order valence-corrected chi connectivity index (χ0v) is 13.3. The highest BCUT2D eigenvalue weighted by Gasteiger charge is 2.25. The molecule has 4 nitrogen and oxygen atoms in total. The van der Waals surface area contributed by atoms with E-state index >= 15 is 0 Å². The van der Waals surface area contributed by atoms with Gasteiger partial charge in [-0.15, -0.1) is 0 Å². The van der Waals surface area contributed by atoms with Crippen molar-refractivity contribution in [1.29, 1.82) is 0 Å². The van der Waals surface area contributed by atoms with E-state index < -0.39 is 0 Å². The van der Waals surface area contributed by atoms with Gasteiger partial charge in [0.25, 0.3) is 0 Å². The highest BCUT2D eigenvalue weighted by Crippen LogP contribution is 2.39. The van der Waals surface area contributed by atoms with Crippen LogP contribution < -0.4 is 5.32 Å². The van der Waals surface area contributed by atoms with Gasteiger partial charge in [0.15, 0.2) is 5.82 Å². The maximum absolute atomic E-state index is 12.2. The molecule has 0 aliphatic heterocycles. The number of rotatable bonds is 5. The van der Waals surface area contributed by atoms with Gasteiger partial charge >= 0.3 is 0 Å². The Morgan fingerprint density at radius 1 is 1.04 bits per heavy atom. The number of amides is 1. The minimum absolute atomic E-state index is 0.0451. The Kier molecular flexibility index (Phi) is 3.87. The predicted molar refractivity (Wildman–Crippen MR) is 94.8 cm³/mol. The van der Waals surface area contributed by atoms with E-state index in [0.717, 1.165) is 16.8 Å². The van der Waals surface area contributed by atoms with Crippen molar-refractivity contribution in [2.45, 2.75) is 25.2 Å². The summed E-state index contributed by atoms with van der Waals surface area (Å²) in [6, 6.07) is 20.3. The van der Waals surface area contributed by atoms with Crippen LogP contribution in [-0.4, -0.2) is 16.1 Å². The van der Waals surface area contributed by atoms with Crippen molar-refractivity contribution in [3.05, 3.63) is 71.9 Å². The van der Waals surface area contributed by atoms with Crippen LogP contribution in [0.1, 0.15) is 30.0 Å². The summed E-state index contributed by atoms with van der Waals surface area (Å²) in [7, 11) is 0. The summed E-state index contributed by atoms with van der Waals surface area (Å²) in [6.45, 7) is 0. The summed E-state index contributed by atoms with van der Waals surface area (Å²) in [6.07, 6.45) is 2.77. The van der Waals surface area contributed by atoms with E-state index in [9.17, 15) is 4.79 Å². The van der Waals surface area contributed by atoms with Crippen LogP contribution in [-0.2, 0) is 11.2 Å². The molecule has 0 atom stereocenters. The Morgan fingerprint density at radius 3 is 2.46 bits per heavy atom. The number of anilines is 1. The number of H-pyrrole nitrogens is 1. The molecular formula is C20H19N3O. The van der Waals surface area contributed by atoms with E-state index in [1.54, 1.807) is 0 Å². The van der Waals surface area contributed by atoms with Gasteiger partial charge in [-0.3, -0.25) is 9.89 Å². The van der Waals surface area contributed by atoms with E-state index in [4.69, 9.17) is 0 Å². The van der Waals surface area contributed by atoms with Gasteiger partial charge < -0.3 is 5.32 Å². The molecule has 1 aliphatic carbocycles. The van der Waals surface area contributed by atoms with Gasteiger partial charge in [0.2, 0.25) is 5.91 Å². The van der Waals surface area contributed by atoms with E-state index in [-0.39, 0.29) is 5.91 Å². The molecule has 2 aromatic carbocycles. The van der Waals surface area contributed by atoms with Crippen LogP contribution in [0.2, 0.25) is 0 Å². The first kappa shape index (κ1) is 14.7. The molecule has 24 heavy (non-hydrogen) atoms. The third-order valence-electron chi connectivity index (χ3n) is 4.31. The molecule has 3 aromatic rings. The summed E-state index contributed by atoms with van der Waals surface area (Å²) in [5.41, 5.74) is 4.45. The number of nitrogens with one attached hydrogen (secondary N) is 2. The first-order valence-electron chi connectivity index (χ1n) is 8.27. The third-order valence-corrected chi connectivity index (χ3v) is 4.31. The molecule has 4 heteroatoms. The van der Waals surface area contributed by atoms with Crippen LogP contribution in [0, 0.1) is 0 Å². The summed E-state index contributed by atoms with van der Waals surface area (Å²) in [5, 5.41) is 10.0. The highest BCUT2D eigenvalue weighted by atomic mass is 16.1. The van der Waals surface area contributed by atoms with Crippen LogP contribution in [0.15, 0.2) is 60.7 Å².